The van der Waals surface area contributed by atoms with Gasteiger partial charge in [-0.2, -0.15) is 13.9 Å². The maximum Gasteiger partial charge on any atom is 0.387 e. The third-order valence-electron chi connectivity index (χ3n) is 4.02. The first-order valence-corrected chi connectivity index (χ1v) is 8.61. The Balaban J connectivity index is 1.55. The summed E-state index contributed by atoms with van der Waals surface area (Å²) >= 11 is 0. The van der Waals surface area contributed by atoms with Crippen molar-refractivity contribution in [3.05, 3.63) is 83.6 Å². The SMILES string of the molecule is Cc1ccccc1Cn1ccc(NC(=O)/C=C\c2ccc(OC(F)F)cc2)n1. The molecular weight excluding hydrogens is 364 g/mol. The van der Waals surface area contributed by atoms with E-state index in [4.69, 9.17) is 0 Å². The van der Waals surface area contributed by atoms with E-state index in [-0.39, 0.29) is 11.7 Å². The van der Waals surface area contributed by atoms with E-state index in [0.717, 1.165) is 5.56 Å². The maximum absolute atomic E-state index is 12.1. The zero-order valence-corrected chi connectivity index (χ0v) is 15.2. The first kappa shape index (κ1) is 19.3. The highest BCUT2D eigenvalue weighted by molar-refractivity contribution is 6.01. The van der Waals surface area contributed by atoms with Crippen molar-refractivity contribution in [1.82, 2.24) is 9.78 Å². The molecule has 28 heavy (non-hydrogen) atoms. The molecule has 1 amide bonds. The average Bonchev–Trinajstić information content (AvgIpc) is 3.09. The van der Waals surface area contributed by atoms with Crippen molar-refractivity contribution in [3.63, 3.8) is 0 Å². The van der Waals surface area contributed by atoms with Gasteiger partial charge in [0.15, 0.2) is 5.82 Å². The Kier molecular flexibility index (Phi) is 6.16. The van der Waals surface area contributed by atoms with Crippen molar-refractivity contribution in [2.45, 2.75) is 20.1 Å². The van der Waals surface area contributed by atoms with E-state index in [1.165, 1.54) is 23.8 Å². The number of nitrogens with zero attached hydrogens (tertiary/aromatic N) is 2. The number of halogens is 2. The van der Waals surface area contributed by atoms with E-state index >= 15 is 0 Å². The minimum absolute atomic E-state index is 0.0656. The molecule has 7 heteroatoms. The van der Waals surface area contributed by atoms with E-state index in [1.807, 2.05) is 31.2 Å². The minimum Gasteiger partial charge on any atom is -0.435 e. The summed E-state index contributed by atoms with van der Waals surface area (Å²) < 4.78 is 30.3. The van der Waals surface area contributed by atoms with Crippen LogP contribution in [0.4, 0.5) is 14.6 Å². The van der Waals surface area contributed by atoms with Crippen LogP contribution >= 0.6 is 0 Å². The van der Waals surface area contributed by atoms with Gasteiger partial charge < -0.3 is 10.1 Å². The summed E-state index contributed by atoms with van der Waals surface area (Å²) in [5, 5.41) is 7.03. The summed E-state index contributed by atoms with van der Waals surface area (Å²) in [7, 11) is 0. The quantitative estimate of drug-likeness (QED) is 0.612. The van der Waals surface area contributed by atoms with Crippen LogP contribution < -0.4 is 10.1 Å². The minimum atomic E-state index is -2.86. The fraction of sp³-hybridized carbons (Fsp3) is 0.143. The van der Waals surface area contributed by atoms with Crippen molar-refractivity contribution < 1.29 is 18.3 Å². The molecule has 0 aliphatic carbocycles. The van der Waals surface area contributed by atoms with Gasteiger partial charge in [0.05, 0.1) is 6.54 Å². The number of aryl methyl sites for hydroxylation is 1. The summed E-state index contributed by atoms with van der Waals surface area (Å²) in [6.07, 6.45) is 4.72. The third kappa shape index (κ3) is 5.51. The second-order valence-electron chi connectivity index (χ2n) is 6.10. The molecule has 5 nitrogen and oxygen atoms in total. The molecule has 3 aromatic rings. The number of ether oxygens (including phenoxy) is 1. The predicted octanol–water partition coefficient (Wildman–Crippen LogP) is 4.49. The van der Waals surface area contributed by atoms with Crippen LogP contribution in [0.5, 0.6) is 5.75 Å². The molecule has 3 rings (SSSR count). The molecular formula is C21H19F2N3O2. The van der Waals surface area contributed by atoms with Gasteiger partial charge in [-0.1, -0.05) is 36.4 Å². The fourth-order valence-electron chi connectivity index (χ4n) is 2.58. The van der Waals surface area contributed by atoms with Crippen LogP contribution in [0.15, 0.2) is 66.9 Å². The van der Waals surface area contributed by atoms with E-state index < -0.39 is 6.61 Å². The number of anilines is 1. The average molecular weight is 383 g/mol. The summed E-state index contributed by atoms with van der Waals surface area (Å²) in [6.45, 7) is -0.207. The third-order valence-corrected chi connectivity index (χ3v) is 4.02. The molecule has 0 saturated heterocycles. The second kappa shape index (κ2) is 8.94. The molecule has 0 fully saturated rings. The fourth-order valence-corrected chi connectivity index (χ4v) is 2.58. The number of amides is 1. The molecule has 0 saturated carbocycles. The highest BCUT2D eigenvalue weighted by Gasteiger charge is 2.05. The van der Waals surface area contributed by atoms with Gasteiger partial charge in [-0.3, -0.25) is 9.48 Å². The van der Waals surface area contributed by atoms with Gasteiger partial charge in [-0.25, -0.2) is 0 Å². The first-order chi connectivity index (χ1) is 13.5. The van der Waals surface area contributed by atoms with Crippen molar-refractivity contribution >= 4 is 17.8 Å². The molecule has 1 aromatic heterocycles. The molecule has 144 valence electrons. The van der Waals surface area contributed by atoms with Crippen LogP contribution in [0, 0.1) is 6.92 Å². The molecule has 0 bridgehead atoms. The van der Waals surface area contributed by atoms with Crippen LogP contribution in [0.1, 0.15) is 16.7 Å². The molecule has 1 heterocycles. The van der Waals surface area contributed by atoms with Crippen molar-refractivity contribution in [2.75, 3.05) is 5.32 Å². The van der Waals surface area contributed by atoms with Gasteiger partial charge in [-0.05, 0) is 41.8 Å². The lowest BCUT2D eigenvalue weighted by Crippen LogP contribution is -2.09. The van der Waals surface area contributed by atoms with Crippen molar-refractivity contribution in [2.24, 2.45) is 0 Å². The monoisotopic (exact) mass is 383 g/mol. The molecule has 0 radical (unpaired) electrons. The second-order valence-corrected chi connectivity index (χ2v) is 6.10. The number of carbonyl (C=O) groups is 1. The summed E-state index contributed by atoms with van der Waals surface area (Å²) in [4.78, 5) is 12.0. The number of alkyl halides is 2. The van der Waals surface area contributed by atoms with Gasteiger partial charge in [0.2, 0.25) is 5.91 Å². The first-order valence-electron chi connectivity index (χ1n) is 8.61. The zero-order chi connectivity index (χ0) is 19.9. The lowest BCUT2D eigenvalue weighted by atomic mass is 10.1. The largest absolute Gasteiger partial charge is 0.435 e. The molecule has 0 aliphatic rings. The normalized spacial score (nSPS) is 11.1. The number of hydrogen-bond donors (Lipinski definition) is 1. The van der Waals surface area contributed by atoms with Crippen LogP contribution in [-0.4, -0.2) is 22.3 Å². The number of aromatic nitrogens is 2. The summed E-state index contributed by atoms with van der Waals surface area (Å²) in [6, 6.07) is 15.8. The smallest absolute Gasteiger partial charge is 0.387 e. The molecule has 0 spiro atoms. The van der Waals surface area contributed by atoms with Crippen molar-refractivity contribution in [1.29, 1.82) is 0 Å². The maximum atomic E-state index is 12.1. The van der Waals surface area contributed by atoms with E-state index in [0.29, 0.717) is 17.9 Å². The zero-order valence-electron chi connectivity index (χ0n) is 15.2. The van der Waals surface area contributed by atoms with Crippen LogP contribution in [0.2, 0.25) is 0 Å². The number of hydrogen-bond acceptors (Lipinski definition) is 3. The van der Waals surface area contributed by atoms with Gasteiger partial charge >= 0.3 is 6.61 Å². The summed E-state index contributed by atoms with van der Waals surface area (Å²) in [5.74, 6) is 0.175. The topological polar surface area (TPSA) is 56.2 Å². The number of nitrogens with one attached hydrogen (secondary N) is 1. The lowest BCUT2D eigenvalue weighted by molar-refractivity contribution is -0.111. The standard InChI is InChI=1S/C21H19F2N3O2/c1-15-4-2-3-5-17(15)14-26-13-12-19(25-26)24-20(27)11-8-16-6-9-18(10-7-16)28-21(22)23/h2-13,21H,14H2,1H3,(H,24,25,27)/b11-8-. The Morgan fingerprint density at radius 1 is 1.18 bits per heavy atom. The highest BCUT2D eigenvalue weighted by Crippen LogP contribution is 2.16. The van der Waals surface area contributed by atoms with Gasteiger partial charge in [0, 0.05) is 18.3 Å². The highest BCUT2D eigenvalue weighted by atomic mass is 19.3. The molecule has 0 aliphatic heterocycles. The molecule has 1 N–H and O–H groups in total. The Hall–Kier alpha value is -3.48. The number of rotatable bonds is 7. The van der Waals surface area contributed by atoms with E-state index in [9.17, 15) is 13.6 Å². The van der Waals surface area contributed by atoms with Crippen LogP contribution in [0.25, 0.3) is 6.08 Å². The summed E-state index contributed by atoms with van der Waals surface area (Å²) in [5.41, 5.74) is 3.01. The van der Waals surface area contributed by atoms with Gasteiger partial charge in [0.25, 0.3) is 0 Å². The van der Waals surface area contributed by atoms with E-state index in [2.05, 4.69) is 15.2 Å². The molecule has 0 atom stereocenters. The molecule has 2 aromatic carbocycles. The van der Waals surface area contributed by atoms with E-state index in [1.54, 1.807) is 35.2 Å². The Morgan fingerprint density at radius 2 is 1.93 bits per heavy atom. The Labute approximate surface area is 161 Å². The number of benzene rings is 2. The Morgan fingerprint density at radius 3 is 2.64 bits per heavy atom. The van der Waals surface area contributed by atoms with Gasteiger partial charge in [-0.15, -0.1) is 0 Å². The lowest BCUT2D eigenvalue weighted by Gasteiger charge is -2.05. The number of carbonyl (C=O) groups excluding carboxylic acids is 1. The molecule has 0 unspecified atom stereocenters. The van der Waals surface area contributed by atoms with Crippen LogP contribution in [-0.2, 0) is 11.3 Å². The predicted molar refractivity (Wildman–Crippen MR) is 103 cm³/mol. The van der Waals surface area contributed by atoms with Crippen molar-refractivity contribution in [3.8, 4) is 5.75 Å². The van der Waals surface area contributed by atoms with Gasteiger partial charge in [0.1, 0.15) is 5.75 Å². The Bertz CT molecular complexity index is 966. The van der Waals surface area contributed by atoms with Crippen LogP contribution in [0.3, 0.4) is 0 Å².